The summed E-state index contributed by atoms with van der Waals surface area (Å²) in [6.07, 6.45) is 0.797. The number of aromatic hydroxyl groups is 1. The van der Waals surface area contributed by atoms with Crippen LogP contribution in [0.3, 0.4) is 0 Å². The molecule has 21 heavy (non-hydrogen) atoms. The molecule has 1 aliphatic rings. The van der Waals surface area contributed by atoms with Crippen molar-refractivity contribution in [2.24, 2.45) is 5.73 Å². The summed E-state index contributed by atoms with van der Waals surface area (Å²) >= 11 is 1.41. The summed E-state index contributed by atoms with van der Waals surface area (Å²) in [5.41, 5.74) is 8.42. The summed E-state index contributed by atoms with van der Waals surface area (Å²) in [4.78, 5) is 18.6. The van der Waals surface area contributed by atoms with E-state index in [-0.39, 0.29) is 17.7 Å². The Morgan fingerprint density at radius 1 is 1.48 bits per heavy atom. The predicted octanol–water partition coefficient (Wildman–Crippen LogP) is 2.07. The van der Waals surface area contributed by atoms with Gasteiger partial charge in [0.25, 0.3) is 5.91 Å². The number of hydrogen-bond acceptors (Lipinski definition) is 5. The molecular formula is C15H17N3O2S. The van der Waals surface area contributed by atoms with E-state index in [1.54, 1.807) is 22.4 Å². The second kappa shape index (κ2) is 5.46. The fourth-order valence-electron chi connectivity index (χ4n) is 2.47. The fourth-order valence-corrected chi connectivity index (χ4v) is 3.23. The molecule has 0 aliphatic carbocycles. The second-order valence-electron chi connectivity index (χ2n) is 5.29. The van der Waals surface area contributed by atoms with E-state index in [1.165, 1.54) is 16.9 Å². The molecule has 0 radical (unpaired) electrons. The summed E-state index contributed by atoms with van der Waals surface area (Å²) in [6, 6.07) is 5.17. The largest absolute Gasteiger partial charge is 0.508 e. The van der Waals surface area contributed by atoms with Crippen LogP contribution in [0.1, 0.15) is 39.6 Å². The smallest absolute Gasteiger partial charge is 0.273 e. The molecule has 2 aromatic rings. The minimum absolute atomic E-state index is 0.0767. The first-order chi connectivity index (χ1) is 10.0. The molecular weight excluding hydrogens is 286 g/mol. The third-order valence-corrected chi connectivity index (χ3v) is 4.67. The molecule has 1 aromatic carbocycles. The number of amides is 1. The van der Waals surface area contributed by atoms with Gasteiger partial charge >= 0.3 is 0 Å². The van der Waals surface area contributed by atoms with E-state index in [1.807, 2.05) is 13.0 Å². The number of nitrogens with two attached hydrogens (primary N) is 1. The van der Waals surface area contributed by atoms with Crippen LogP contribution in [-0.4, -0.2) is 27.4 Å². The molecule has 0 bridgehead atoms. The number of phenolic OH excluding ortho intramolecular Hbond substituents is 1. The Kier molecular flexibility index (Phi) is 3.65. The van der Waals surface area contributed by atoms with Crippen LogP contribution in [0.15, 0.2) is 23.6 Å². The number of rotatable bonds is 2. The highest BCUT2D eigenvalue weighted by Gasteiger charge is 2.24. The van der Waals surface area contributed by atoms with Crippen LogP contribution in [0.4, 0.5) is 0 Å². The zero-order valence-electron chi connectivity index (χ0n) is 11.7. The molecule has 6 heteroatoms. The molecule has 5 nitrogen and oxygen atoms in total. The molecule has 3 rings (SSSR count). The van der Waals surface area contributed by atoms with Gasteiger partial charge in [-0.05, 0) is 36.6 Å². The molecule has 3 N–H and O–H groups in total. The van der Waals surface area contributed by atoms with Crippen molar-refractivity contribution >= 4 is 17.2 Å². The summed E-state index contributed by atoms with van der Waals surface area (Å²) in [5.74, 6) is 0.156. The molecule has 0 saturated carbocycles. The highest BCUT2D eigenvalue weighted by atomic mass is 32.1. The second-order valence-corrected chi connectivity index (χ2v) is 6.18. The minimum atomic E-state index is -0.157. The topological polar surface area (TPSA) is 79.5 Å². The van der Waals surface area contributed by atoms with Crippen molar-refractivity contribution in [2.45, 2.75) is 25.9 Å². The van der Waals surface area contributed by atoms with Gasteiger partial charge in [0.1, 0.15) is 16.5 Å². The Balaban J connectivity index is 1.80. The first-order valence-electron chi connectivity index (χ1n) is 6.85. The first kappa shape index (κ1) is 14.0. The van der Waals surface area contributed by atoms with Crippen LogP contribution < -0.4 is 5.73 Å². The van der Waals surface area contributed by atoms with E-state index in [4.69, 9.17) is 5.73 Å². The van der Waals surface area contributed by atoms with Crippen molar-refractivity contribution in [1.82, 2.24) is 9.88 Å². The average molecular weight is 303 g/mol. The van der Waals surface area contributed by atoms with Crippen molar-refractivity contribution in [2.75, 3.05) is 6.54 Å². The van der Waals surface area contributed by atoms with Gasteiger partial charge in [0.05, 0.1) is 6.04 Å². The van der Waals surface area contributed by atoms with Gasteiger partial charge in [0, 0.05) is 18.5 Å². The van der Waals surface area contributed by atoms with Crippen molar-refractivity contribution in [1.29, 1.82) is 0 Å². The maximum Gasteiger partial charge on any atom is 0.273 e. The van der Waals surface area contributed by atoms with E-state index in [0.717, 1.165) is 17.0 Å². The fraction of sp³-hybridized carbons (Fsp3) is 0.333. The maximum absolute atomic E-state index is 12.5. The van der Waals surface area contributed by atoms with Gasteiger partial charge in [-0.25, -0.2) is 4.98 Å². The quantitative estimate of drug-likeness (QED) is 0.890. The predicted molar refractivity (Wildman–Crippen MR) is 81.3 cm³/mol. The van der Waals surface area contributed by atoms with E-state index in [9.17, 15) is 9.90 Å². The lowest BCUT2D eigenvalue weighted by Gasteiger charge is -2.28. The number of thiazole rings is 1. The van der Waals surface area contributed by atoms with Crippen LogP contribution in [0.5, 0.6) is 5.75 Å². The van der Waals surface area contributed by atoms with E-state index in [2.05, 4.69) is 4.98 Å². The van der Waals surface area contributed by atoms with Gasteiger partial charge in [0.2, 0.25) is 0 Å². The van der Waals surface area contributed by atoms with Crippen LogP contribution in [0.25, 0.3) is 0 Å². The SMILES string of the molecule is CC(N)c1nc(C(=O)N2CCc3ccc(O)cc3C2)cs1. The minimum Gasteiger partial charge on any atom is -0.508 e. The molecule has 0 fully saturated rings. The van der Waals surface area contributed by atoms with E-state index >= 15 is 0 Å². The molecule has 1 aliphatic heterocycles. The summed E-state index contributed by atoms with van der Waals surface area (Å²) in [6.45, 7) is 3.03. The van der Waals surface area contributed by atoms with Crippen molar-refractivity contribution < 1.29 is 9.90 Å². The normalized spacial score (nSPS) is 15.6. The summed E-state index contributed by atoms with van der Waals surface area (Å²) in [5, 5.41) is 12.1. The van der Waals surface area contributed by atoms with Crippen molar-refractivity contribution in [3.8, 4) is 5.75 Å². The molecule has 110 valence electrons. The number of benzene rings is 1. The third kappa shape index (κ3) is 2.77. The van der Waals surface area contributed by atoms with Crippen molar-refractivity contribution in [3.05, 3.63) is 45.4 Å². The summed E-state index contributed by atoms with van der Waals surface area (Å²) in [7, 11) is 0. The molecule has 2 heterocycles. The van der Waals surface area contributed by atoms with Crippen LogP contribution in [0, 0.1) is 0 Å². The van der Waals surface area contributed by atoms with Gasteiger partial charge in [-0.2, -0.15) is 0 Å². The van der Waals surface area contributed by atoms with Gasteiger partial charge in [-0.15, -0.1) is 11.3 Å². The number of phenols is 1. The van der Waals surface area contributed by atoms with Crippen LogP contribution in [-0.2, 0) is 13.0 Å². The molecule has 1 amide bonds. The number of fused-ring (bicyclic) bond motifs is 1. The van der Waals surface area contributed by atoms with Crippen LogP contribution >= 0.6 is 11.3 Å². The maximum atomic E-state index is 12.5. The Morgan fingerprint density at radius 2 is 2.29 bits per heavy atom. The molecule has 1 aromatic heterocycles. The number of aromatic nitrogens is 1. The monoisotopic (exact) mass is 303 g/mol. The Labute approximate surface area is 127 Å². The van der Waals surface area contributed by atoms with Gasteiger partial charge in [-0.1, -0.05) is 6.07 Å². The zero-order valence-corrected chi connectivity index (χ0v) is 12.6. The van der Waals surface area contributed by atoms with E-state index in [0.29, 0.717) is 18.8 Å². The first-order valence-corrected chi connectivity index (χ1v) is 7.73. The van der Waals surface area contributed by atoms with Crippen molar-refractivity contribution in [3.63, 3.8) is 0 Å². The highest BCUT2D eigenvalue weighted by Crippen LogP contribution is 2.25. The Bertz CT molecular complexity index is 681. The standard InChI is InChI=1S/C15H17N3O2S/c1-9(16)14-17-13(8-21-14)15(20)18-5-4-10-2-3-12(19)6-11(10)7-18/h2-3,6,8-9,19H,4-5,7,16H2,1H3. The highest BCUT2D eigenvalue weighted by molar-refractivity contribution is 7.09. The van der Waals surface area contributed by atoms with Gasteiger partial charge < -0.3 is 15.7 Å². The summed E-state index contributed by atoms with van der Waals surface area (Å²) < 4.78 is 0. The van der Waals surface area contributed by atoms with E-state index < -0.39 is 0 Å². The Hall–Kier alpha value is -1.92. The lowest BCUT2D eigenvalue weighted by atomic mass is 9.99. The lowest BCUT2D eigenvalue weighted by Crippen LogP contribution is -2.36. The Morgan fingerprint density at radius 3 is 3.00 bits per heavy atom. The zero-order chi connectivity index (χ0) is 15.0. The molecule has 1 atom stereocenters. The number of carbonyl (C=O) groups excluding carboxylic acids is 1. The molecule has 1 unspecified atom stereocenters. The molecule has 0 saturated heterocycles. The lowest BCUT2D eigenvalue weighted by molar-refractivity contribution is 0.0729. The molecule has 0 spiro atoms. The number of hydrogen-bond donors (Lipinski definition) is 2. The number of nitrogens with zero attached hydrogens (tertiary/aromatic N) is 2. The van der Waals surface area contributed by atoms with Crippen LogP contribution in [0.2, 0.25) is 0 Å². The third-order valence-electron chi connectivity index (χ3n) is 3.62. The number of carbonyl (C=O) groups is 1. The van der Waals surface area contributed by atoms with Gasteiger partial charge in [0.15, 0.2) is 0 Å². The average Bonchev–Trinajstić information content (AvgIpc) is 2.95. The van der Waals surface area contributed by atoms with Gasteiger partial charge in [-0.3, -0.25) is 4.79 Å².